The topological polar surface area (TPSA) is 75.7 Å². The van der Waals surface area contributed by atoms with Crippen molar-refractivity contribution in [3.05, 3.63) is 71.6 Å². The zero-order valence-electron chi connectivity index (χ0n) is 21.3. The van der Waals surface area contributed by atoms with Gasteiger partial charge in [-0.15, -0.1) is 0 Å². The SMILES string of the molecule is [C-]#[N+]c1ccccc1Sc1cc(-c2cnn(C3CCN([C@H](C)COC)CC3)c2C)cn2ncc(C#N)c12. The van der Waals surface area contributed by atoms with Crippen LogP contribution in [0.1, 0.15) is 37.1 Å². The molecule has 8 nitrogen and oxygen atoms in total. The lowest BCUT2D eigenvalue weighted by atomic mass is 10.0. The fourth-order valence-corrected chi connectivity index (χ4v) is 6.23. The maximum atomic E-state index is 9.69. The molecule has 188 valence electrons. The second-order valence-corrected chi connectivity index (χ2v) is 10.5. The van der Waals surface area contributed by atoms with E-state index in [0.29, 0.717) is 23.3 Å². The summed E-state index contributed by atoms with van der Waals surface area (Å²) >= 11 is 1.49. The summed E-state index contributed by atoms with van der Waals surface area (Å²) in [5.41, 5.74) is 5.00. The van der Waals surface area contributed by atoms with Crippen molar-refractivity contribution in [3.63, 3.8) is 0 Å². The number of ether oxygens (including phenoxy) is 1. The van der Waals surface area contributed by atoms with Gasteiger partial charge in [0.25, 0.3) is 0 Å². The lowest BCUT2D eigenvalue weighted by Crippen LogP contribution is -2.42. The average Bonchev–Trinajstić information content (AvgIpc) is 3.52. The molecule has 0 spiro atoms. The first kappa shape index (κ1) is 25.0. The summed E-state index contributed by atoms with van der Waals surface area (Å²) in [4.78, 5) is 7.89. The van der Waals surface area contributed by atoms with Gasteiger partial charge in [0.2, 0.25) is 5.69 Å². The van der Waals surface area contributed by atoms with Crippen molar-refractivity contribution in [2.24, 2.45) is 0 Å². The highest BCUT2D eigenvalue weighted by molar-refractivity contribution is 7.99. The molecule has 37 heavy (non-hydrogen) atoms. The third kappa shape index (κ3) is 4.86. The largest absolute Gasteiger partial charge is 0.383 e. The van der Waals surface area contributed by atoms with Crippen molar-refractivity contribution in [2.45, 2.75) is 48.6 Å². The molecule has 3 aromatic heterocycles. The standard InChI is InChI=1S/C28H29N7OS/c1-19(18-36-4)33-11-9-23(10-12-33)35-20(2)24(16-32-35)21-13-27(28-22(14-29)15-31-34(28)17-21)37-26-8-6-5-7-25(26)30-3/h5-8,13,15-17,19,23H,9-12,18H2,1-2,4H3/t19-/m1/s1. The Balaban J connectivity index is 1.48. The number of aromatic nitrogens is 4. The van der Waals surface area contributed by atoms with Crippen molar-refractivity contribution in [1.29, 1.82) is 5.26 Å². The number of fused-ring (bicyclic) bond motifs is 1. The Hall–Kier alpha value is -3.63. The number of hydrogen-bond donors (Lipinski definition) is 0. The van der Waals surface area contributed by atoms with Crippen molar-refractivity contribution in [3.8, 4) is 17.2 Å². The normalized spacial score (nSPS) is 15.5. The van der Waals surface area contributed by atoms with E-state index in [1.165, 1.54) is 11.8 Å². The molecule has 1 aromatic carbocycles. The molecule has 4 aromatic rings. The lowest BCUT2D eigenvalue weighted by Gasteiger charge is -2.36. The van der Waals surface area contributed by atoms with E-state index in [1.54, 1.807) is 17.8 Å². The van der Waals surface area contributed by atoms with Crippen LogP contribution in [-0.4, -0.2) is 57.1 Å². The average molecular weight is 512 g/mol. The summed E-state index contributed by atoms with van der Waals surface area (Å²) in [5, 5.41) is 19.0. The van der Waals surface area contributed by atoms with Crippen molar-refractivity contribution < 1.29 is 4.74 Å². The van der Waals surface area contributed by atoms with Crippen molar-refractivity contribution in [2.75, 3.05) is 26.8 Å². The summed E-state index contributed by atoms with van der Waals surface area (Å²) in [5.74, 6) is 0. The second kappa shape index (κ2) is 10.8. The quantitative estimate of drug-likeness (QED) is 0.294. The Kier molecular flexibility index (Phi) is 7.29. The van der Waals surface area contributed by atoms with Gasteiger partial charge in [0.15, 0.2) is 0 Å². The number of methoxy groups -OCH3 is 1. The second-order valence-electron chi connectivity index (χ2n) is 9.40. The third-order valence-electron chi connectivity index (χ3n) is 7.13. The first-order valence-electron chi connectivity index (χ1n) is 12.4. The molecular formula is C28H29N7OS. The number of piperidine rings is 1. The van der Waals surface area contributed by atoms with Crippen LogP contribution in [0.15, 0.2) is 58.7 Å². The van der Waals surface area contributed by atoms with E-state index in [2.05, 4.69) is 45.5 Å². The van der Waals surface area contributed by atoms with Gasteiger partial charge in [-0.25, -0.2) is 9.36 Å². The Labute approximate surface area is 221 Å². The Morgan fingerprint density at radius 3 is 2.73 bits per heavy atom. The lowest BCUT2D eigenvalue weighted by molar-refractivity contribution is 0.0731. The van der Waals surface area contributed by atoms with Crippen LogP contribution in [0.25, 0.3) is 21.5 Å². The van der Waals surface area contributed by atoms with Gasteiger partial charge in [-0.3, -0.25) is 9.58 Å². The fourth-order valence-electron chi connectivity index (χ4n) is 5.14. The van der Waals surface area contributed by atoms with Crippen LogP contribution >= 0.6 is 11.8 Å². The highest BCUT2D eigenvalue weighted by atomic mass is 32.2. The van der Waals surface area contributed by atoms with E-state index in [1.807, 2.05) is 36.7 Å². The molecule has 0 saturated carbocycles. The van der Waals surface area contributed by atoms with E-state index in [0.717, 1.165) is 64.7 Å². The van der Waals surface area contributed by atoms with Crippen LogP contribution in [0.5, 0.6) is 0 Å². The van der Waals surface area contributed by atoms with E-state index >= 15 is 0 Å². The molecule has 1 aliphatic rings. The van der Waals surface area contributed by atoms with Gasteiger partial charge in [-0.1, -0.05) is 36.0 Å². The van der Waals surface area contributed by atoms with Crippen LogP contribution < -0.4 is 0 Å². The van der Waals surface area contributed by atoms with E-state index < -0.39 is 0 Å². The zero-order valence-corrected chi connectivity index (χ0v) is 22.1. The minimum Gasteiger partial charge on any atom is -0.383 e. The molecule has 0 amide bonds. The Bertz CT molecular complexity index is 1500. The molecule has 0 aliphatic carbocycles. The maximum absolute atomic E-state index is 9.69. The van der Waals surface area contributed by atoms with Gasteiger partial charge < -0.3 is 4.74 Å². The van der Waals surface area contributed by atoms with Gasteiger partial charge >= 0.3 is 0 Å². The Morgan fingerprint density at radius 2 is 2.00 bits per heavy atom. The van der Waals surface area contributed by atoms with Crippen LogP contribution in [0.3, 0.4) is 0 Å². The highest BCUT2D eigenvalue weighted by Gasteiger charge is 2.26. The van der Waals surface area contributed by atoms with Crippen LogP contribution in [0.4, 0.5) is 5.69 Å². The summed E-state index contributed by atoms with van der Waals surface area (Å²) < 4.78 is 9.27. The van der Waals surface area contributed by atoms with Crippen LogP contribution in [-0.2, 0) is 4.74 Å². The molecule has 1 atom stereocenters. The highest BCUT2D eigenvalue weighted by Crippen LogP contribution is 2.40. The number of hydrogen-bond acceptors (Lipinski definition) is 6. The molecule has 1 fully saturated rings. The maximum Gasteiger partial charge on any atom is 0.200 e. The Morgan fingerprint density at radius 1 is 1.22 bits per heavy atom. The number of benzene rings is 1. The molecule has 4 heterocycles. The number of nitrogens with zero attached hydrogens (tertiary/aromatic N) is 7. The molecule has 1 aliphatic heterocycles. The van der Waals surface area contributed by atoms with Crippen LogP contribution in [0.2, 0.25) is 0 Å². The number of pyridine rings is 1. The van der Waals surface area contributed by atoms with Gasteiger partial charge in [0.1, 0.15) is 6.07 Å². The van der Waals surface area contributed by atoms with Gasteiger partial charge in [-0.2, -0.15) is 15.5 Å². The number of para-hydroxylation sites is 1. The van der Waals surface area contributed by atoms with Gasteiger partial charge in [0, 0.05) is 59.0 Å². The molecule has 0 N–H and O–H groups in total. The third-order valence-corrected chi connectivity index (χ3v) is 8.23. The van der Waals surface area contributed by atoms with E-state index in [4.69, 9.17) is 16.4 Å². The van der Waals surface area contributed by atoms with E-state index in [-0.39, 0.29) is 0 Å². The molecular weight excluding hydrogens is 482 g/mol. The van der Waals surface area contributed by atoms with E-state index in [9.17, 15) is 5.26 Å². The molecule has 5 rings (SSSR count). The summed E-state index contributed by atoms with van der Waals surface area (Å²) in [7, 11) is 1.76. The van der Waals surface area contributed by atoms with Gasteiger partial charge in [-0.05, 0) is 32.8 Å². The minimum absolute atomic E-state index is 0.359. The summed E-state index contributed by atoms with van der Waals surface area (Å²) in [6.45, 7) is 14.7. The minimum atomic E-state index is 0.359. The first-order chi connectivity index (χ1) is 18.0. The smallest absolute Gasteiger partial charge is 0.200 e. The monoisotopic (exact) mass is 511 g/mol. The molecule has 0 unspecified atom stereocenters. The van der Waals surface area contributed by atoms with Crippen molar-refractivity contribution in [1.82, 2.24) is 24.3 Å². The number of rotatable bonds is 7. The number of nitriles is 1. The van der Waals surface area contributed by atoms with Crippen LogP contribution in [0, 0.1) is 24.8 Å². The molecule has 9 heteroatoms. The predicted octanol–water partition coefficient (Wildman–Crippen LogP) is 5.75. The van der Waals surface area contributed by atoms with Crippen molar-refractivity contribution >= 4 is 23.0 Å². The molecule has 0 bridgehead atoms. The molecule has 1 saturated heterocycles. The first-order valence-corrected chi connectivity index (χ1v) is 13.2. The van der Waals surface area contributed by atoms with Gasteiger partial charge in [0.05, 0.1) is 42.7 Å². The predicted molar refractivity (Wildman–Crippen MR) is 144 cm³/mol. The number of likely N-dealkylation sites (tertiary alicyclic amines) is 1. The summed E-state index contributed by atoms with van der Waals surface area (Å²) in [6, 6.07) is 12.7. The summed E-state index contributed by atoms with van der Waals surface area (Å²) in [6.07, 6.45) is 7.60. The zero-order chi connectivity index (χ0) is 25.9. The molecule has 0 radical (unpaired) electrons. The fraction of sp³-hybridized carbons (Fsp3) is 0.357.